The van der Waals surface area contributed by atoms with Crippen LogP contribution in [0, 0.1) is 0 Å². The first-order valence-electron chi connectivity index (χ1n) is 6.07. The minimum absolute atomic E-state index is 0.00314. The molecule has 0 saturated carbocycles. The number of nitrogens with zero attached hydrogens (tertiary/aromatic N) is 1. The van der Waals surface area contributed by atoms with Crippen LogP contribution in [0.1, 0.15) is 12.8 Å². The van der Waals surface area contributed by atoms with Crippen molar-refractivity contribution in [3.05, 3.63) is 0 Å². The molecular formula is C10H17NO6S2. The van der Waals surface area contributed by atoms with Crippen molar-refractivity contribution in [3.8, 4) is 0 Å². The SMILES string of the molecule is O=C(O)CC1CS(=O)(=O)CCN1C1CCS(=O)(=O)C1. The number of carbonyl (C=O) groups is 1. The molecule has 19 heavy (non-hydrogen) atoms. The first kappa shape index (κ1) is 14.7. The highest BCUT2D eigenvalue weighted by Crippen LogP contribution is 2.24. The van der Waals surface area contributed by atoms with Crippen LogP contribution in [0.4, 0.5) is 0 Å². The molecule has 7 nitrogen and oxygen atoms in total. The van der Waals surface area contributed by atoms with Crippen LogP contribution in [0.3, 0.4) is 0 Å². The summed E-state index contributed by atoms with van der Waals surface area (Å²) >= 11 is 0. The second kappa shape index (κ2) is 5.02. The Morgan fingerprint density at radius 3 is 2.26 bits per heavy atom. The largest absolute Gasteiger partial charge is 0.481 e. The standard InChI is InChI=1S/C10H17NO6S2/c12-10(13)5-9-7-19(16,17)4-2-11(9)8-1-3-18(14,15)6-8/h8-9H,1-7H2,(H,12,13). The van der Waals surface area contributed by atoms with Crippen molar-refractivity contribution < 1.29 is 26.7 Å². The van der Waals surface area contributed by atoms with Gasteiger partial charge >= 0.3 is 5.97 Å². The predicted octanol–water partition coefficient (Wildman–Crippen LogP) is -1.25. The maximum Gasteiger partial charge on any atom is 0.304 e. The van der Waals surface area contributed by atoms with Gasteiger partial charge in [-0.25, -0.2) is 16.8 Å². The van der Waals surface area contributed by atoms with Crippen molar-refractivity contribution in [1.82, 2.24) is 4.90 Å². The van der Waals surface area contributed by atoms with E-state index in [-0.39, 0.29) is 42.0 Å². The number of hydrogen-bond acceptors (Lipinski definition) is 6. The van der Waals surface area contributed by atoms with Crippen LogP contribution in [0.2, 0.25) is 0 Å². The molecule has 0 aromatic heterocycles. The average Bonchev–Trinajstić information content (AvgIpc) is 2.56. The van der Waals surface area contributed by atoms with Crippen LogP contribution in [0.25, 0.3) is 0 Å². The Morgan fingerprint density at radius 2 is 1.74 bits per heavy atom. The van der Waals surface area contributed by atoms with Crippen molar-refractivity contribution in [2.45, 2.75) is 24.9 Å². The molecule has 2 heterocycles. The number of hydrogen-bond donors (Lipinski definition) is 1. The molecule has 2 atom stereocenters. The lowest BCUT2D eigenvalue weighted by Gasteiger charge is -2.38. The zero-order valence-corrected chi connectivity index (χ0v) is 12.0. The monoisotopic (exact) mass is 311 g/mol. The molecule has 110 valence electrons. The lowest BCUT2D eigenvalue weighted by Crippen LogP contribution is -2.54. The predicted molar refractivity (Wildman–Crippen MR) is 68.5 cm³/mol. The summed E-state index contributed by atoms with van der Waals surface area (Å²) in [5.74, 6) is -1.19. The molecule has 1 N–H and O–H groups in total. The van der Waals surface area contributed by atoms with Gasteiger partial charge in [-0.2, -0.15) is 0 Å². The molecule has 0 spiro atoms. The maximum absolute atomic E-state index is 11.6. The van der Waals surface area contributed by atoms with Gasteiger partial charge in [-0.15, -0.1) is 0 Å². The Kier molecular flexibility index (Phi) is 3.90. The first-order valence-corrected chi connectivity index (χ1v) is 9.71. The molecule has 0 aromatic rings. The van der Waals surface area contributed by atoms with Crippen LogP contribution >= 0.6 is 0 Å². The van der Waals surface area contributed by atoms with Crippen LogP contribution < -0.4 is 0 Å². The van der Waals surface area contributed by atoms with Crippen molar-refractivity contribution >= 4 is 25.6 Å². The molecule has 2 fully saturated rings. The van der Waals surface area contributed by atoms with E-state index < -0.39 is 31.7 Å². The van der Waals surface area contributed by atoms with Gasteiger partial charge in [0.25, 0.3) is 0 Å². The van der Waals surface area contributed by atoms with Crippen molar-refractivity contribution in [2.24, 2.45) is 0 Å². The lowest BCUT2D eigenvalue weighted by atomic mass is 10.1. The van der Waals surface area contributed by atoms with Gasteiger partial charge in [0.2, 0.25) is 0 Å². The number of sulfone groups is 2. The quantitative estimate of drug-likeness (QED) is 0.693. The van der Waals surface area contributed by atoms with E-state index in [0.29, 0.717) is 6.42 Å². The normalized spacial score (nSPS) is 34.1. The van der Waals surface area contributed by atoms with Crippen LogP contribution in [-0.4, -0.2) is 74.5 Å². The summed E-state index contributed by atoms with van der Waals surface area (Å²) in [7, 11) is -6.29. The number of carboxylic acid groups (broad SMARTS) is 1. The highest BCUT2D eigenvalue weighted by atomic mass is 32.2. The molecule has 2 aliphatic rings. The maximum atomic E-state index is 11.6. The van der Waals surface area contributed by atoms with E-state index in [4.69, 9.17) is 5.11 Å². The molecule has 2 rings (SSSR count). The van der Waals surface area contributed by atoms with Crippen molar-refractivity contribution in [3.63, 3.8) is 0 Å². The van der Waals surface area contributed by atoms with E-state index in [1.165, 1.54) is 0 Å². The fourth-order valence-electron chi connectivity index (χ4n) is 2.79. The summed E-state index contributed by atoms with van der Waals surface area (Å²) in [5, 5.41) is 8.86. The summed E-state index contributed by atoms with van der Waals surface area (Å²) in [6, 6.07) is -0.862. The van der Waals surface area contributed by atoms with Gasteiger partial charge in [0.15, 0.2) is 19.7 Å². The fraction of sp³-hybridized carbons (Fsp3) is 0.900. The minimum atomic E-state index is -3.22. The first-order chi connectivity index (χ1) is 8.69. The van der Waals surface area contributed by atoms with Gasteiger partial charge < -0.3 is 5.11 Å². The molecule has 2 aliphatic heterocycles. The van der Waals surface area contributed by atoms with Gasteiger partial charge in [0, 0.05) is 18.6 Å². The van der Waals surface area contributed by atoms with E-state index in [0.717, 1.165) is 0 Å². The zero-order chi connectivity index (χ0) is 14.3. The van der Waals surface area contributed by atoms with E-state index in [9.17, 15) is 21.6 Å². The van der Waals surface area contributed by atoms with Gasteiger partial charge in [-0.3, -0.25) is 9.69 Å². The highest BCUT2D eigenvalue weighted by Gasteiger charge is 2.40. The lowest BCUT2D eigenvalue weighted by molar-refractivity contribution is -0.138. The molecule has 2 saturated heterocycles. The summed E-state index contributed by atoms with van der Waals surface area (Å²) in [6.45, 7) is 0.223. The molecule has 0 radical (unpaired) electrons. The zero-order valence-electron chi connectivity index (χ0n) is 10.4. The highest BCUT2D eigenvalue weighted by molar-refractivity contribution is 7.91. The smallest absolute Gasteiger partial charge is 0.304 e. The third kappa shape index (κ3) is 3.67. The Balaban J connectivity index is 2.16. The summed E-state index contributed by atoms with van der Waals surface area (Å²) in [5.41, 5.74) is 0. The van der Waals surface area contributed by atoms with Gasteiger partial charge in [0.05, 0.1) is 29.4 Å². The average molecular weight is 311 g/mol. The second-order valence-corrected chi connectivity index (χ2v) is 9.62. The molecule has 9 heteroatoms. The molecule has 0 aromatic carbocycles. The van der Waals surface area contributed by atoms with Gasteiger partial charge in [-0.1, -0.05) is 0 Å². The number of rotatable bonds is 3. The van der Waals surface area contributed by atoms with Crippen LogP contribution in [-0.2, 0) is 24.5 Å². The Bertz CT molecular complexity index is 567. The van der Waals surface area contributed by atoms with E-state index >= 15 is 0 Å². The van der Waals surface area contributed by atoms with Gasteiger partial charge in [0.1, 0.15) is 0 Å². The third-order valence-electron chi connectivity index (χ3n) is 3.66. The topological polar surface area (TPSA) is 109 Å². The van der Waals surface area contributed by atoms with Gasteiger partial charge in [-0.05, 0) is 6.42 Å². The second-order valence-electron chi connectivity index (χ2n) is 5.16. The minimum Gasteiger partial charge on any atom is -0.481 e. The number of carboxylic acids is 1. The summed E-state index contributed by atoms with van der Waals surface area (Å²) < 4.78 is 46.1. The Morgan fingerprint density at radius 1 is 1.11 bits per heavy atom. The number of aliphatic carboxylic acids is 1. The third-order valence-corrected chi connectivity index (χ3v) is 7.11. The molecular weight excluding hydrogens is 294 g/mol. The van der Waals surface area contributed by atoms with Crippen LogP contribution in [0.15, 0.2) is 0 Å². The Hall–Kier alpha value is -0.670. The molecule has 0 aliphatic carbocycles. The van der Waals surface area contributed by atoms with E-state index in [1.807, 2.05) is 0 Å². The van der Waals surface area contributed by atoms with Crippen LogP contribution in [0.5, 0.6) is 0 Å². The fourth-order valence-corrected chi connectivity index (χ4v) is 6.09. The molecule has 0 amide bonds. The summed E-state index contributed by atoms with van der Waals surface area (Å²) in [4.78, 5) is 12.6. The van der Waals surface area contributed by atoms with Crippen molar-refractivity contribution in [2.75, 3.05) is 29.6 Å². The summed E-state index contributed by atoms with van der Waals surface area (Å²) in [6.07, 6.45) is 0.189. The van der Waals surface area contributed by atoms with E-state index in [2.05, 4.69) is 0 Å². The Labute approximate surface area is 112 Å². The van der Waals surface area contributed by atoms with E-state index in [1.54, 1.807) is 4.90 Å². The molecule has 0 bridgehead atoms. The molecule has 2 unspecified atom stereocenters. The van der Waals surface area contributed by atoms with Crippen molar-refractivity contribution in [1.29, 1.82) is 0 Å².